The number of rotatable bonds is 5. The van der Waals surface area contributed by atoms with E-state index in [0.29, 0.717) is 6.54 Å². The molecule has 1 rings (SSSR count). The quantitative estimate of drug-likeness (QED) is 0.707. The monoisotopic (exact) mass is 285 g/mol. The molecule has 3 N–H and O–H groups in total. The Morgan fingerprint density at radius 2 is 1.85 bits per heavy atom. The molecule has 1 aliphatic rings. The third-order valence-corrected chi connectivity index (χ3v) is 4.09. The van der Waals surface area contributed by atoms with Gasteiger partial charge < -0.3 is 20.6 Å². The summed E-state index contributed by atoms with van der Waals surface area (Å²) >= 11 is 0. The molecule has 0 bridgehead atoms. The number of hydrogen-bond acceptors (Lipinski definition) is 3. The Kier molecular flexibility index (Phi) is 5.80. The van der Waals surface area contributed by atoms with Gasteiger partial charge in [0.2, 0.25) is 0 Å². The molecule has 6 nitrogen and oxygen atoms in total. The van der Waals surface area contributed by atoms with Gasteiger partial charge in [-0.05, 0) is 44.3 Å². The average molecular weight is 285 g/mol. The summed E-state index contributed by atoms with van der Waals surface area (Å²) in [6.07, 6.45) is 2.08. The molecular formula is C14H27N3O3. The Morgan fingerprint density at radius 1 is 1.30 bits per heavy atom. The summed E-state index contributed by atoms with van der Waals surface area (Å²) in [6.45, 7) is 8.36. The Bertz CT molecular complexity index is 350. The van der Waals surface area contributed by atoms with E-state index in [4.69, 9.17) is 5.11 Å². The number of nitrogens with one attached hydrogen (secondary N) is 2. The van der Waals surface area contributed by atoms with E-state index in [2.05, 4.69) is 29.5 Å². The van der Waals surface area contributed by atoms with Crippen molar-refractivity contribution in [2.75, 3.05) is 26.7 Å². The summed E-state index contributed by atoms with van der Waals surface area (Å²) in [5.41, 5.74) is 0.0976. The molecule has 0 radical (unpaired) electrons. The van der Waals surface area contributed by atoms with Gasteiger partial charge in [0.05, 0.1) is 0 Å². The average Bonchev–Trinajstić information content (AvgIpc) is 2.37. The number of nitrogens with zero attached hydrogens (tertiary/aromatic N) is 1. The molecule has 6 heteroatoms. The third-order valence-electron chi connectivity index (χ3n) is 4.09. The highest BCUT2D eigenvalue weighted by Gasteiger charge is 2.30. The minimum Gasteiger partial charge on any atom is -0.480 e. The molecule has 0 aliphatic carbocycles. The summed E-state index contributed by atoms with van der Waals surface area (Å²) < 4.78 is 0. The highest BCUT2D eigenvalue weighted by Crippen LogP contribution is 2.29. The maximum atomic E-state index is 11.8. The Morgan fingerprint density at radius 3 is 2.30 bits per heavy atom. The van der Waals surface area contributed by atoms with Crippen molar-refractivity contribution in [3.63, 3.8) is 0 Å². The number of carbonyl (C=O) groups excluding carboxylic acids is 1. The zero-order chi connectivity index (χ0) is 15.3. The molecule has 0 aromatic rings. The molecule has 1 saturated heterocycles. The predicted octanol–water partition coefficient (Wildman–Crippen LogP) is 1.13. The van der Waals surface area contributed by atoms with Crippen molar-refractivity contribution in [2.45, 2.75) is 39.7 Å². The van der Waals surface area contributed by atoms with Crippen molar-refractivity contribution in [1.29, 1.82) is 0 Å². The molecule has 1 heterocycles. The first-order valence-corrected chi connectivity index (χ1v) is 7.19. The zero-order valence-corrected chi connectivity index (χ0v) is 12.9. The fraction of sp³-hybridized carbons (Fsp3) is 0.857. The van der Waals surface area contributed by atoms with Crippen LogP contribution in [0, 0.1) is 11.3 Å². The largest absolute Gasteiger partial charge is 0.480 e. The summed E-state index contributed by atoms with van der Waals surface area (Å²) in [6, 6.07) is -1.24. The van der Waals surface area contributed by atoms with Crippen molar-refractivity contribution < 1.29 is 14.7 Å². The van der Waals surface area contributed by atoms with Crippen LogP contribution in [0.1, 0.15) is 33.6 Å². The van der Waals surface area contributed by atoms with E-state index < -0.39 is 18.0 Å². The van der Waals surface area contributed by atoms with E-state index in [-0.39, 0.29) is 11.3 Å². The lowest BCUT2D eigenvalue weighted by Gasteiger charge is -2.38. The first-order chi connectivity index (χ1) is 9.23. The van der Waals surface area contributed by atoms with Crippen LogP contribution in [-0.2, 0) is 4.79 Å². The summed E-state index contributed by atoms with van der Waals surface area (Å²) in [7, 11) is 2.10. The van der Waals surface area contributed by atoms with Gasteiger partial charge >= 0.3 is 12.0 Å². The predicted molar refractivity (Wildman–Crippen MR) is 77.6 cm³/mol. The smallest absolute Gasteiger partial charge is 0.326 e. The number of likely N-dealkylation sites (tertiary alicyclic amines) is 1. The van der Waals surface area contributed by atoms with Crippen LogP contribution >= 0.6 is 0 Å². The standard InChI is InChI=1S/C14H27N3O3/c1-10(2)11(12(18)19)16-13(20)15-9-14(3)5-7-17(4)8-6-14/h10-11H,5-9H2,1-4H3,(H,18,19)(H2,15,16,20)/t11-/m0/s1. The van der Waals surface area contributed by atoms with E-state index in [9.17, 15) is 9.59 Å². The van der Waals surface area contributed by atoms with Crippen LogP contribution in [0.15, 0.2) is 0 Å². The molecule has 0 saturated carbocycles. The van der Waals surface area contributed by atoms with Gasteiger partial charge in [-0.1, -0.05) is 20.8 Å². The third kappa shape index (κ3) is 5.00. The van der Waals surface area contributed by atoms with Gasteiger partial charge in [-0.2, -0.15) is 0 Å². The van der Waals surface area contributed by atoms with E-state index in [1.807, 2.05) is 0 Å². The SMILES string of the molecule is CC(C)[C@H](NC(=O)NCC1(C)CCN(C)CC1)C(=O)O. The second-order valence-electron chi connectivity index (χ2n) is 6.50. The Labute approximate surface area is 120 Å². The minimum absolute atomic E-state index is 0.0976. The number of amides is 2. The molecule has 0 aromatic heterocycles. The number of carboxylic acids is 1. The molecule has 1 atom stereocenters. The summed E-state index contributed by atoms with van der Waals surface area (Å²) in [4.78, 5) is 25.1. The van der Waals surface area contributed by atoms with Crippen LogP contribution in [0.4, 0.5) is 4.79 Å². The molecular weight excluding hydrogens is 258 g/mol. The van der Waals surface area contributed by atoms with Crippen LogP contribution in [-0.4, -0.2) is 54.7 Å². The Balaban J connectivity index is 2.41. The number of urea groups is 1. The first-order valence-electron chi connectivity index (χ1n) is 7.19. The van der Waals surface area contributed by atoms with Crippen LogP contribution in [0.2, 0.25) is 0 Å². The van der Waals surface area contributed by atoms with Crippen molar-refractivity contribution in [3.05, 3.63) is 0 Å². The number of piperidine rings is 1. The van der Waals surface area contributed by atoms with Crippen molar-refractivity contribution in [1.82, 2.24) is 15.5 Å². The van der Waals surface area contributed by atoms with Crippen molar-refractivity contribution >= 4 is 12.0 Å². The normalized spacial score (nSPS) is 20.4. The first kappa shape index (κ1) is 16.8. The number of carbonyl (C=O) groups is 2. The lowest BCUT2D eigenvalue weighted by molar-refractivity contribution is -0.140. The molecule has 1 aliphatic heterocycles. The van der Waals surface area contributed by atoms with Gasteiger partial charge in [0.1, 0.15) is 6.04 Å². The highest BCUT2D eigenvalue weighted by atomic mass is 16.4. The Hall–Kier alpha value is -1.30. The fourth-order valence-electron chi connectivity index (χ4n) is 2.33. The zero-order valence-electron chi connectivity index (χ0n) is 12.9. The van der Waals surface area contributed by atoms with Crippen LogP contribution in [0.25, 0.3) is 0 Å². The molecule has 20 heavy (non-hydrogen) atoms. The van der Waals surface area contributed by atoms with E-state index in [1.54, 1.807) is 13.8 Å². The van der Waals surface area contributed by atoms with Gasteiger partial charge in [-0.3, -0.25) is 0 Å². The second kappa shape index (κ2) is 6.92. The van der Waals surface area contributed by atoms with Crippen molar-refractivity contribution in [2.24, 2.45) is 11.3 Å². The van der Waals surface area contributed by atoms with Gasteiger partial charge in [0, 0.05) is 6.54 Å². The van der Waals surface area contributed by atoms with Crippen LogP contribution < -0.4 is 10.6 Å². The summed E-state index contributed by atoms with van der Waals surface area (Å²) in [5.74, 6) is -1.14. The molecule has 116 valence electrons. The van der Waals surface area contributed by atoms with Gasteiger partial charge in [-0.15, -0.1) is 0 Å². The van der Waals surface area contributed by atoms with Crippen molar-refractivity contribution in [3.8, 4) is 0 Å². The molecule has 0 unspecified atom stereocenters. The van der Waals surface area contributed by atoms with E-state index >= 15 is 0 Å². The lowest BCUT2D eigenvalue weighted by atomic mass is 9.80. The van der Waals surface area contributed by atoms with E-state index in [0.717, 1.165) is 25.9 Å². The molecule has 2 amide bonds. The lowest BCUT2D eigenvalue weighted by Crippen LogP contribution is -2.51. The van der Waals surface area contributed by atoms with E-state index in [1.165, 1.54) is 0 Å². The van der Waals surface area contributed by atoms with Crippen LogP contribution in [0.3, 0.4) is 0 Å². The molecule has 0 spiro atoms. The highest BCUT2D eigenvalue weighted by molar-refractivity contribution is 5.82. The second-order valence-corrected chi connectivity index (χ2v) is 6.50. The molecule has 0 aromatic carbocycles. The van der Waals surface area contributed by atoms with Crippen LogP contribution in [0.5, 0.6) is 0 Å². The minimum atomic E-state index is -0.999. The van der Waals surface area contributed by atoms with Gasteiger partial charge in [-0.25, -0.2) is 9.59 Å². The number of aliphatic carboxylic acids is 1. The fourth-order valence-corrected chi connectivity index (χ4v) is 2.33. The molecule has 1 fully saturated rings. The van der Waals surface area contributed by atoms with Gasteiger partial charge in [0.15, 0.2) is 0 Å². The maximum Gasteiger partial charge on any atom is 0.326 e. The van der Waals surface area contributed by atoms with Gasteiger partial charge in [0.25, 0.3) is 0 Å². The summed E-state index contributed by atoms with van der Waals surface area (Å²) in [5, 5.41) is 14.4. The maximum absolute atomic E-state index is 11.8. The number of hydrogen-bond donors (Lipinski definition) is 3. The topological polar surface area (TPSA) is 81.7 Å². The number of carboxylic acid groups (broad SMARTS) is 1.